The van der Waals surface area contributed by atoms with Crippen LogP contribution in [0.2, 0.25) is 0 Å². The van der Waals surface area contributed by atoms with Gasteiger partial charge in [-0.25, -0.2) is 4.79 Å². The zero-order valence-electron chi connectivity index (χ0n) is 15.5. The first-order chi connectivity index (χ1) is 13.1. The van der Waals surface area contributed by atoms with Crippen LogP contribution in [0, 0.1) is 0 Å². The summed E-state index contributed by atoms with van der Waals surface area (Å²) in [6.07, 6.45) is 0. The lowest BCUT2D eigenvalue weighted by molar-refractivity contribution is -0.121. The molecule has 3 rings (SSSR count). The Balaban J connectivity index is 1.56. The number of carbonyl (C=O) groups excluding carboxylic acids is 2. The van der Waals surface area contributed by atoms with Gasteiger partial charge in [-0.05, 0) is 29.8 Å². The first kappa shape index (κ1) is 18.6. The van der Waals surface area contributed by atoms with Crippen LogP contribution in [0.5, 0.6) is 11.5 Å². The molecule has 2 aromatic carbocycles. The summed E-state index contributed by atoms with van der Waals surface area (Å²) in [5.74, 6) is 1.17. The molecule has 0 unspecified atom stereocenters. The summed E-state index contributed by atoms with van der Waals surface area (Å²) in [6.45, 7) is 1.41. The van der Waals surface area contributed by atoms with Crippen molar-refractivity contribution in [3.8, 4) is 11.5 Å². The van der Waals surface area contributed by atoms with Gasteiger partial charge in [0.25, 0.3) is 0 Å². The van der Waals surface area contributed by atoms with Crippen LogP contribution in [-0.2, 0) is 11.3 Å². The Kier molecular flexibility index (Phi) is 5.80. The van der Waals surface area contributed by atoms with Gasteiger partial charge in [0.05, 0.1) is 19.9 Å². The Bertz CT molecular complexity index is 824. The van der Waals surface area contributed by atoms with E-state index in [2.05, 4.69) is 5.32 Å². The lowest BCUT2D eigenvalue weighted by Crippen LogP contribution is -2.39. The minimum Gasteiger partial charge on any atom is -0.497 e. The number of anilines is 1. The van der Waals surface area contributed by atoms with E-state index in [4.69, 9.17) is 9.47 Å². The number of para-hydroxylation sites is 2. The Morgan fingerprint density at radius 1 is 1.07 bits per heavy atom. The normalized spacial score (nSPS) is 13.6. The molecule has 1 saturated heterocycles. The molecule has 1 fully saturated rings. The van der Waals surface area contributed by atoms with Gasteiger partial charge in [0.1, 0.15) is 18.0 Å². The number of benzene rings is 2. The number of nitrogens with one attached hydrogen (secondary N) is 1. The van der Waals surface area contributed by atoms with Gasteiger partial charge in [0.2, 0.25) is 5.91 Å². The van der Waals surface area contributed by atoms with Gasteiger partial charge in [-0.2, -0.15) is 0 Å². The van der Waals surface area contributed by atoms with E-state index in [-0.39, 0.29) is 18.5 Å². The fourth-order valence-electron chi connectivity index (χ4n) is 3.02. The molecule has 0 aliphatic carbocycles. The monoisotopic (exact) mass is 369 g/mol. The standard InChI is InChI=1S/C20H23N3O4/c1-26-16-7-5-6-15(12-16)13-21-19(24)14-22-10-11-23(20(22)25)17-8-3-4-9-18(17)27-2/h3-9,12H,10-11,13-14H2,1-2H3,(H,21,24). The molecule has 1 aliphatic rings. The summed E-state index contributed by atoms with van der Waals surface area (Å²) in [5, 5.41) is 2.84. The number of nitrogens with zero attached hydrogens (tertiary/aromatic N) is 2. The van der Waals surface area contributed by atoms with E-state index in [1.165, 1.54) is 4.90 Å². The highest BCUT2D eigenvalue weighted by Crippen LogP contribution is 2.30. The number of hydrogen-bond acceptors (Lipinski definition) is 4. The second-order valence-electron chi connectivity index (χ2n) is 6.16. The van der Waals surface area contributed by atoms with Gasteiger partial charge >= 0.3 is 6.03 Å². The van der Waals surface area contributed by atoms with Crippen LogP contribution in [0.4, 0.5) is 10.5 Å². The van der Waals surface area contributed by atoms with Crippen molar-refractivity contribution < 1.29 is 19.1 Å². The van der Waals surface area contributed by atoms with Crippen LogP contribution in [0.15, 0.2) is 48.5 Å². The average Bonchev–Trinajstić information content (AvgIpc) is 3.06. The topological polar surface area (TPSA) is 71.1 Å². The third kappa shape index (κ3) is 4.31. The molecule has 3 amide bonds. The van der Waals surface area contributed by atoms with Gasteiger partial charge in [-0.1, -0.05) is 24.3 Å². The molecule has 0 aromatic heterocycles. The van der Waals surface area contributed by atoms with Crippen molar-refractivity contribution in [1.29, 1.82) is 0 Å². The lowest BCUT2D eigenvalue weighted by atomic mass is 10.2. The van der Waals surface area contributed by atoms with Crippen molar-refractivity contribution >= 4 is 17.6 Å². The SMILES string of the molecule is COc1cccc(CNC(=O)CN2CCN(c3ccccc3OC)C2=O)c1. The molecule has 0 atom stereocenters. The maximum atomic E-state index is 12.7. The molecule has 1 heterocycles. The highest BCUT2D eigenvalue weighted by Gasteiger charge is 2.32. The van der Waals surface area contributed by atoms with Crippen LogP contribution in [0.1, 0.15) is 5.56 Å². The molecule has 1 N–H and O–H groups in total. The first-order valence-electron chi connectivity index (χ1n) is 8.71. The van der Waals surface area contributed by atoms with Gasteiger partial charge in [0, 0.05) is 19.6 Å². The predicted molar refractivity (Wildman–Crippen MR) is 102 cm³/mol. The van der Waals surface area contributed by atoms with Crippen LogP contribution < -0.4 is 19.7 Å². The zero-order valence-corrected chi connectivity index (χ0v) is 15.5. The minimum absolute atomic E-state index is 0.0223. The maximum absolute atomic E-state index is 12.7. The van der Waals surface area contributed by atoms with E-state index in [1.807, 2.05) is 48.5 Å². The summed E-state index contributed by atoms with van der Waals surface area (Å²) < 4.78 is 10.5. The van der Waals surface area contributed by atoms with E-state index in [1.54, 1.807) is 19.1 Å². The molecule has 0 bridgehead atoms. The summed E-state index contributed by atoms with van der Waals surface area (Å²) in [5.41, 5.74) is 1.65. The van der Waals surface area contributed by atoms with Crippen molar-refractivity contribution in [3.05, 3.63) is 54.1 Å². The van der Waals surface area contributed by atoms with Crippen molar-refractivity contribution in [3.63, 3.8) is 0 Å². The highest BCUT2D eigenvalue weighted by molar-refractivity contribution is 5.97. The molecule has 142 valence electrons. The zero-order chi connectivity index (χ0) is 19.2. The second kappa shape index (κ2) is 8.44. The van der Waals surface area contributed by atoms with Gasteiger partial charge < -0.3 is 19.7 Å². The molecule has 27 heavy (non-hydrogen) atoms. The van der Waals surface area contributed by atoms with Crippen molar-refractivity contribution in [2.45, 2.75) is 6.54 Å². The molecule has 7 nitrogen and oxygen atoms in total. The molecule has 1 aliphatic heterocycles. The number of rotatable bonds is 7. The van der Waals surface area contributed by atoms with E-state index in [9.17, 15) is 9.59 Å². The third-order valence-corrected chi connectivity index (χ3v) is 4.43. The van der Waals surface area contributed by atoms with E-state index in [0.717, 1.165) is 11.3 Å². The molecule has 0 spiro atoms. The summed E-state index contributed by atoms with van der Waals surface area (Å²) >= 11 is 0. The van der Waals surface area contributed by atoms with Crippen LogP contribution in [0.25, 0.3) is 0 Å². The molecule has 7 heteroatoms. The summed E-state index contributed by atoms with van der Waals surface area (Å²) in [6, 6.07) is 14.7. The number of carbonyl (C=O) groups is 2. The smallest absolute Gasteiger partial charge is 0.325 e. The van der Waals surface area contributed by atoms with E-state index < -0.39 is 0 Å². The Hall–Kier alpha value is -3.22. The molecule has 0 saturated carbocycles. The predicted octanol–water partition coefficient (Wildman–Crippen LogP) is 2.26. The fourth-order valence-corrected chi connectivity index (χ4v) is 3.02. The number of hydrogen-bond donors (Lipinski definition) is 1. The third-order valence-electron chi connectivity index (χ3n) is 4.43. The Labute approximate surface area is 158 Å². The summed E-state index contributed by atoms with van der Waals surface area (Å²) in [4.78, 5) is 28.1. The van der Waals surface area contributed by atoms with Crippen LogP contribution in [0.3, 0.4) is 0 Å². The van der Waals surface area contributed by atoms with Crippen molar-refractivity contribution in [1.82, 2.24) is 10.2 Å². The summed E-state index contributed by atoms with van der Waals surface area (Å²) in [7, 11) is 3.17. The largest absolute Gasteiger partial charge is 0.497 e. The number of amides is 3. The van der Waals surface area contributed by atoms with E-state index in [0.29, 0.717) is 31.1 Å². The average molecular weight is 369 g/mol. The minimum atomic E-state index is -0.201. The van der Waals surface area contributed by atoms with Gasteiger partial charge in [-0.3, -0.25) is 9.69 Å². The Morgan fingerprint density at radius 3 is 2.67 bits per heavy atom. The maximum Gasteiger partial charge on any atom is 0.325 e. The van der Waals surface area contributed by atoms with Crippen molar-refractivity contribution in [2.75, 3.05) is 38.8 Å². The molecule has 2 aromatic rings. The molecular formula is C20H23N3O4. The van der Waals surface area contributed by atoms with Gasteiger partial charge in [0.15, 0.2) is 0 Å². The number of methoxy groups -OCH3 is 2. The number of urea groups is 1. The fraction of sp³-hybridized carbons (Fsp3) is 0.300. The lowest BCUT2D eigenvalue weighted by Gasteiger charge is -2.20. The first-order valence-corrected chi connectivity index (χ1v) is 8.71. The van der Waals surface area contributed by atoms with Crippen LogP contribution in [-0.4, -0.2) is 50.7 Å². The number of ether oxygens (including phenoxy) is 2. The molecule has 0 radical (unpaired) electrons. The Morgan fingerprint density at radius 2 is 1.89 bits per heavy atom. The molecular weight excluding hydrogens is 346 g/mol. The second-order valence-corrected chi connectivity index (χ2v) is 6.16. The van der Waals surface area contributed by atoms with Gasteiger partial charge in [-0.15, -0.1) is 0 Å². The highest BCUT2D eigenvalue weighted by atomic mass is 16.5. The van der Waals surface area contributed by atoms with Crippen LogP contribution >= 0.6 is 0 Å². The quantitative estimate of drug-likeness (QED) is 0.813. The van der Waals surface area contributed by atoms with Crippen molar-refractivity contribution in [2.24, 2.45) is 0 Å². The van der Waals surface area contributed by atoms with E-state index >= 15 is 0 Å².